The van der Waals surface area contributed by atoms with E-state index < -0.39 is 30.7 Å². The zero-order chi connectivity index (χ0) is 15.8. The first kappa shape index (κ1) is 24.1. The SMILES string of the molecule is CCCCCC(CCC(CCC)S(=O)(=O)O)S(=O)(=O)O.[H-].[Na+]. The summed E-state index contributed by atoms with van der Waals surface area (Å²) in [5, 5.41) is -1.90. The van der Waals surface area contributed by atoms with E-state index in [1.165, 1.54) is 0 Å². The van der Waals surface area contributed by atoms with E-state index >= 15 is 0 Å². The van der Waals surface area contributed by atoms with E-state index in [1.54, 1.807) is 6.92 Å². The summed E-state index contributed by atoms with van der Waals surface area (Å²) in [5.41, 5.74) is 0. The predicted octanol–water partition coefficient (Wildman–Crippen LogP) is -0.224. The van der Waals surface area contributed by atoms with E-state index in [0.29, 0.717) is 19.3 Å². The quantitative estimate of drug-likeness (QED) is 0.302. The molecule has 0 saturated heterocycles. The van der Waals surface area contributed by atoms with Crippen LogP contribution in [0.1, 0.15) is 66.6 Å². The van der Waals surface area contributed by atoms with Crippen LogP contribution in [-0.4, -0.2) is 36.4 Å². The summed E-state index contributed by atoms with van der Waals surface area (Å²) in [7, 11) is -8.35. The minimum atomic E-state index is -4.18. The molecule has 0 aromatic rings. The van der Waals surface area contributed by atoms with Crippen molar-refractivity contribution in [2.24, 2.45) is 0 Å². The molecule has 6 nitrogen and oxygen atoms in total. The molecule has 0 aromatic heterocycles. The Kier molecular flexibility index (Phi) is 13.0. The molecular formula is C12H27NaO6S2. The van der Waals surface area contributed by atoms with Crippen molar-refractivity contribution in [3.05, 3.63) is 0 Å². The van der Waals surface area contributed by atoms with Crippen LogP contribution in [0.3, 0.4) is 0 Å². The molecule has 0 heterocycles. The van der Waals surface area contributed by atoms with Crippen LogP contribution in [0.4, 0.5) is 0 Å². The maximum atomic E-state index is 11.3. The van der Waals surface area contributed by atoms with Crippen molar-refractivity contribution < 1.29 is 56.9 Å². The van der Waals surface area contributed by atoms with Crippen molar-refractivity contribution in [2.45, 2.75) is 75.7 Å². The van der Waals surface area contributed by atoms with Crippen LogP contribution in [0, 0.1) is 0 Å². The average molecular weight is 354 g/mol. The van der Waals surface area contributed by atoms with Crippen molar-refractivity contribution in [3.8, 4) is 0 Å². The van der Waals surface area contributed by atoms with Crippen LogP contribution >= 0.6 is 0 Å². The second-order valence-corrected chi connectivity index (χ2v) is 8.53. The molecule has 0 aliphatic rings. The van der Waals surface area contributed by atoms with Gasteiger partial charge in [0, 0.05) is 0 Å². The first-order valence-corrected chi connectivity index (χ1v) is 10.1. The fraction of sp³-hybridized carbons (Fsp3) is 1.00. The Bertz CT molecular complexity index is 466. The Hall–Kier alpha value is 0.820. The minimum Gasteiger partial charge on any atom is -1.00 e. The smallest absolute Gasteiger partial charge is 1.00 e. The van der Waals surface area contributed by atoms with Crippen LogP contribution in [-0.2, 0) is 20.2 Å². The maximum Gasteiger partial charge on any atom is 1.00 e. The molecule has 0 amide bonds. The van der Waals surface area contributed by atoms with Gasteiger partial charge >= 0.3 is 29.6 Å². The predicted molar refractivity (Wildman–Crippen MR) is 80.1 cm³/mol. The molecule has 2 N–H and O–H groups in total. The summed E-state index contributed by atoms with van der Waals surface area (Å²) >= 11 is 0. The molecule has 0 aromatic carbocycles. The summed E-state index contributed by atoms with van der Waals surface area (Å²) in [6, 6.07) is 0. The Morgan fingerprint density at radius 1 is 0.762 bits per heavy atom. The molecule has 0 radical (unpaired) electrons. The van der Waals surface area contributed by atoms with Gasteiger partial charge in [-0.15, -0.1) is 0 Å². The minimum absolute atomic E-state index is 0. The van der Waals surface area contributed by atoms with Crippen molar-refractivity contribution >= 4 is 20.2 Å². The first-order chi connectivity index (χ1) is 9.12. The van der Waals surface area contributed by atoms with Gasteiger partial charge in [-0.05, 0) is 25.7 Å². The van der Waals surface area contributed by atoms with Gasteiger partial charge in [-0.3, -0.25) is 9.11 Å². The first-order valence-electron chi connectivity index (χ1n) is 7.05. The van der Waals surface area contributed by atoms with Crippen molar-refractivity contribution in [3.63, 3.8) is 0 Å². The van der Waals surface area contributed by atoms with Gasteiger partial charge in [-0.25, -0.2) is 0 Å². The Morgan fingerprint density at radius 2 is 1.19 bits per heavy atom. The van der Waals surface area contributed by atoms with Gasteiger partial charge in [-0.2, -0.15) is 16.8 Å². The summed E-state index contributed by atoms with van der Waals surface area (Å²) < 4.78 is 63.2. The van der Waals surface area contributed by atoms with E-state index in [2.05, 4.69) is 0 Å². The molecule has 2 atom stereocenters. The van der Waals surface area contributed by atoms with Gasteiger partial charge in [0.1, 0.15) is 0 Å². The van der Waals surface area contributed by atoms with E-state index in [0.717, 1.165) is 12.8 Å². The van der Waals surface area contributed by atoms with Gasteiger partial charge in [0.15, 0.2) is 0 Å². The van der Waals surface area contributed by atoms with Gasteiger partial charge in [0.25, 0.3) is 20.2 Å². The van der Waals surface area contributed by atoms with Gasteiger partial charge < -0.3 is 1.43 Å². The Labute approximate surface area is 152 Å². The topological polar surface area (TPSA) is 109 Å². The number of hydrogen-bond donors (Lipinski definition) is 2. The molecule has 124 valence electrons. The molecule has 9 heteroatoms. The van der Waals surface area contributed by atoms with E-state index in [9.17, 15) is 21.4 Å². The molecule has 0 saturated carbocycles. The summed E-state index contributed by atoms with van der Waals surface area (Å²) in [4.78, 5) is 0. The van der Waals surface area contributed by atoms with E-state index in [-0.39, 0.29) is 50.2 Å². The number of unbranched alkanes of at least 4 members (excludes halogenated alkanes) is 2. The van der Waals surface area contributed by atoms with Crippen LogP contribution in [0.25, 0.3) is 0 Å². The number of rotatable bonds is 11. The third-order valence-corrected chi connectivity index (χ3v) is 6.02. The second-order valence-electron chi connectivity index (χ2n) is 5.14. The van der Waals surface area contributed by atoms with Crippen LogP contribution in [0.2, 0.25) is 0 Å². The summed E-state index contributed by atoms with van der Waals surface area (Å²) in [5.74, 6) is 0. The summed E-state index contributed by atoms with van der Waals surface area (Å²) in [6.07, 6.45) is 3.74. The molecule has 0 aliphatic heterocycles. The van der Waals surface area contributed by atoms with Crippen LogP contribution < -0.4 is 29.6 Å². The molecule has 21 heavy (non-hydrogen) atoms. The third-order valence-electron chi connectivity index (χ3n) is 3.39. The van der Waals surface area contributed by atoms with Gasteiger partial charge in [0.2, 0.25) is 0 Å². The zero-order valence-electron chi connectivity index (χ0n) is 14.2. The van der Waals surface area contributed by atoms with Crippen LogP contribution in [0.5, 0.6) is 0 Å². The molecule has 0 spiro atoms. The summed E-state index contributed by atoms with van der Waals surface area (Å²) in [6.45, 7) is 3.78. The molecule has 0 aliphatic carbocycles. The molecule has 0 rings (SSSR count). The third kappa shape index (κ3) is 11.1. The Balaban J connectivity index is -0.00000180. The number of hydrogen-bond acceptors (Lipinski definition) is 4. The Morgan fingerprint density at radius 3 is 1.52 bits per heavy atom. The molecule has 0 bridgehead atoms. The van der Waals surface area contributed by atoms with Gasteiger partial charge in [0.05, 0.1) is 10.5 Å². The van der Waals surface area contributed by atoms with Crippen molar-refractivity contribution in [2.75, 3.05) is 0 Å². The van der Waals surface area contributed by atoms with Gasteiger partial charge in [-0.1, -0.05) is 39.5 Å². The average Bonchev–Trinajstić information content (AvgIpc) is 2.29. The monoisotopic (exact) mass is 354 g/mol. The van der Waals surface area contributed by atoms with Crippen molar-refractivity contribution in [1.29, 1.82) is 0 Å². The molecular weight excluding hydrogens is 327 g/mol. The zero-order valence-corrected chi connectivity index (χ0v) is 16.8. The fourth-order valence-electron chi connectivity index (χ4n) is 2.20. The fourth-order valence-corrected chi connectivity index (χ4v) is 4.07. The normalized spacial score (nSPS) is 15.2. The van der Waals surface area contributed by atoms with E-state index in [1.807, 2.05) is 6.92 Å². The largest absolute Gasteiger partial charge is 1.00 e. The standard InChI is InChI=1S/C12H26O6S2.Na.H/c1-3-5-6-8-12(20(16,17)18)10-9-11(7-4-2)19(13,14)15;;/h11-12H,3-10H2,1-2H3,(H,13,14,15)(H,16,17,18);;/q;+1;-1. The molecule has 0 fully saturated rings. The second kappa shape index (κ2) is 11.4. The van der Waals surface area contributed by atoms with Crippen molar-refractivity contribution in [1.82, 2.24) is 0 Å². The van der Waals surface area contributed by atoms with Crippen LogP contribution in [0.15, 0.2) is 0 Å². The maximum absolute atomic E-state index is 11.3. The van der Waals surface area contributed by atoms with E-state index in [4.69, 9.17) is 4.55 Å². The molecule has 2 unspecified atom stereocenters.